The van der Waals surface area contributed by atoms with Gasteiger partial charge in [-0.15, -0.1) is 11.3 Å². The molecule has 2 aromatic rings. The number of aromatic nitrogens is 1. The van der Waals surface area contributed by atoms with E-state index >= 15 is 0 Å². The Morgan fingerprint density at radius 2 is 1.89 bits per heavy atom. The first-order valence-corrected chi connectivity index (χ1v) is 7.55. The first kappa shape index (κ1) is 14.2. The summed E-state index contributed by atoms with van der Waals surface area (Å²) in [5.41, 5.74) is 2.91. The molecule has 19 heavy (non-hydrogen) atoms. The topological polar surface area (TPSA) is 24.9 Å². The summed E-state index contributed by atoms with van der Waals surface area (Å²) in [5.74, 6) is 0. The van der Waals surface area contributed by atoms with E-state index in [1.54, 1.807) is 11.3 Å². The van der Waals surface area contributed by atoms with Gasteiger partial charge in [-0.25, -0.2) is 4.98 Å². The quantitative estimate of drug-likeness (QED) is 0.913. The second kappa shape index (κ2) is 5.85. The number of benzene rings is 1. The average Bonchev–Trinajstić information content (AvgIpc) is 2.88. The van der Waals surface area contributed by atoms with Crippen LogP contribution in [-0.4, -0.2) is 12.0 Å². The molecule has 0 saturated carbocycles. The summed E-state index contributed by atoms with van der Waals surface area (Å²) in [6.45, 7) is 6.73. The second-order valence-electron chi connectivity index (χ2n) is 5.84. The number of nitrogens with one attached hydrogen (secondary N) is 1. The van der Waals surface area contributed by atoms with Crippen molar-refractivity contribution in [2.75, 3.05) is 7.05 Å². The van der Waals surface area contributed by atoms with Gasteiger partial charge in [-0.3, -0.25) is 0 Å². The Hall–Kier alpha value is -1.19. The number of thiazole rings is 1. The van der Waals surface area contributed by atoms with Crippen LogP contribution in [0.3, 0.4) is 0 Å². The Labute approximate surface area is 119 Å². The van der Waals surface area contributed by atoms with Crippen molar-refractivity contribution in [3.05, 3.63) is 52.0 Å². The summed E-state index contributed by atoms with van der Waals surface area (Å²) in [6, 6.07) is 9.27. The third kappa shape index (κ3) is 3.64. The van der Waals surface area contributed by atoms with E-state index in [1.165, 1.54) is 16.1 Å². The van der Waals surface area contributed by atoms with Crippen molar-refractivity contribution in [3.8, 4) is 0 Å². The molecule has 102 valence electrons. The molecule has 1 N–H and O–H groups in total. The van der Waals surface area contributed by atoms with E-state index in [-0.39, 0.29) is 5.41 Å². The minimum Gasteiger partial charge on any atom is -0.313 e. The van der Waals surface area contributed by atoms with Crippen molar-refractivity contribution in [3.63, 3.8) is 0 Å². The minimum atomic E-state index is 0.211. The number of hydrogen-bond donors (Lipinski definition) is 1. The molecule has 0 aliphatic carbocycles. The maximum atomic E-state index is 4.36. The summed E-state index contributed by atoms with van der Waals surface area (Å²) in [6.07, 6.45) is 2.82. The Morgan fingerprint density at radius 3 is 2.37 bits per heavy atom. The first-order chi connectivity index (χ1) is 9.00. The van der Waals surface area contributed by atoms with Crippen molar-refractivity contribution >= 4 is 11.3 Å². The van der Waals surface area contributed by atoms with Gasteiger partial charge < -0.3 is 5.32 Å². The van der Waals surface area contributed by atoms with Crippen molar-refractivity contribution in [2.45, 2.75) is 38.6 Å². The van der Waals surface area contributed by atoms with Crippen LogP contribution in [-0.2, 0) is 11.8 Å². The molecule has 0 fully saturated rings. The summed E-state index contributed by atoms with van der Waals surface area (Å²) in [4.78, 5) is 4.36. The lowest BCUT2D eigenvalue weighted by Gasteiger charge is -2.21. The fourth-order valence-corrected chi connectivity index (χ4v) is 2.79. The van der Waals surface area contributed by atoms with E-state index in [0.29, 0.717) is 6.04 Å². The third-order valence-corrected chi connectivity index (χ3v) is 4.19. The normalized spacial score (nSPS) is 13.5. The minimum absolute atomic E-state index is 0.211. The molecule has 1 aromatic carbocycles. The maximum Gasteiger partial charge on any atom is 0.0943 e. The molecule has 0 bridgehead atoms. The molecule has 1 atom stereocenters. The fraction of sp³-hybridized carbons (Fsp3) is 0.438. The number of hydrogen-bond acceptors (Lipinski definition) is 3. The van der Waals surface area contributed by atoms with Gasteiger partial charge >= 0.3 is 0 Å². The standard InChI is InChI=1S/C16H22N2S/c1-16(2,3)13-7-5-12(6-8-13)14(17-4)11-15-18-9-10-19-15/h5-10,14,17H,11H2,1-4H3. The molecule has 0 amide bonds. The molecule has 0 aliphatic heterocycles. The summed E-state index contributed by atoms with van der Waals surface area (Å²) >= 11 is 1.72. The third-order valence-electron chi connectivity index (χ3n) is 3.39. The smallest absolute Gasteiger partial charge is 0.0943 e. The van der Waals surface area contributed by atoms with Crippen molar-refractivity contribution in [1.82, 2.24) is 10.3 Å². The molecule has 3 heteroatoms. The Balaban J connectivity index is 2.15. The van der Waals surface area contributed by atoms with Crippen LogP contribution in [0.25, 0.3) is 0 Å². The molecule has 1 unspecified atom stereocenters. The van der Waals surface area contributed by atoms with Crippen LogP contribution in [0.15, 0.2) is 35.8 Å². The van der Waals surface area contributed by atoms with E-state index in [9.17, 15) is 0 Å². The zero-order chi connectivity index (χ0) is 13.9. The first-order valence-electron chi connectivity index (χ1n) is 6.67. The predicted octanol–water partition coefficient (Wildman–Crippen LogP) is 3.94. The Bertz CT molecular complexity index is 495. The van der Waals surface area contributed by atoms with Crippen LogP contribution in [0.5, 0.6) is 0 Å². The molecule has 2 nitrogen and oxygen atoms in total. The van der Waals surface area contributed by atoms with Gasteiger partial charge in [0, 0.05) is 24.0 Å². The van der Waals surface area contributed by atoms with Gasteiger partial charge in [0.1, 0.15) is 0 Å². The lowest BCUT2D eigenvalue weighted by Crippen LogP contribution is -2.19. The van der Waals surface area contributed by atoms with Crippen LogP contribution in [0, 0.1) is 0 Å². The SMILES string of the molecule is CNC(Cc1nccs1)c1ccc(C(C)(C)C)cc1. The van der Waals surface area contributed by atoms with E-state index in [2.05, 4.69) is 55.3 Å². The van der Waals surface area contributed by atoms with Crippen molar-refractivity contribution in [2.24, 2.45) is 0 Å². The van der Waals surface area contributed by atoms with Crippen LogP contribution in [0.4, 0.5) is 0 Å². The fourth-order valence-electron chi connectivity index (χ4n) is 2.13. The molecule has 1 aromatic heterocycles. The zero-order valence-electron chi connectivity index (χ0n) is 12.1. The van der Waals surface area contributed by atoms with Gasteiger partial charge in [0.25, 0.3) is 0 Å². The summed E-state index contributed by atoms with van der Waals surface area (Å²) < 4.78 is 0. The molecule has 1 heterocycles. The maximum absolute atomic E-state index is 4.36. The Kier molecular flexibility index (Phi) is 4.38. The second-order valence-corrected chi connectivity index (χ2v) is 6.82. The van der Waals surface area contributed by atoms with Gasteiger partial charge in [0.05, 0.1) is 5.01 Å². The average molecular weight is 274 g/mol. The summed E-state index contributed by atoms with van der Waals surface area (Å²) in [5, 5.41) is 6.59. The Morgan fingerprint density at radius 1 is 1.21 bits per heavy atom. The van der Waals surface area contributed by atoms with E-state index in [1.807, 2.05) is 18.6 Å². The van der Waals surface area contributed by atoms with Gasteiger partial charge in [-0.05, 0) is 23.6 Å². The number of likely N-dealkylation sites (N-methyl/N-ethyl adjacent to an activating group) is 1. The van der Waals surface area contributed by atoms with E-state index < -0.39 is 0 Å². The molecular weight excluding hydrogens is 252 g/mol. The van der Waals surface area contributed by atoms with Gasteiger partial charge in [0.15, 0.2) is 0 Å². The highest BCUT2D eigenvalue weighted by molar-refractivity contribution is 7.09. The molecule has 0 saturated heterocycles. The van der Waals surface area contributed by atoms with E-state index in [0.717, 1.165) is 6.42 Å². The number of nitrogens with zero attached hydrogens (tertiary/aromatic N) is 1. The molecule has 0 spiro atoms. The molecule has 0 radical (unpaired) electrons. The van der Waals surface area contributed by atoms with Crippen molar-refractivity contribution < 1.29 is 0 Å². The van der Waals surface area contributed by atoms with Crippen LogP contribution >= 0.6 is 11.3 Å². The largest absolute Gasteiger partial charge is 0.313 e. The van der Waals surface area contributed by atoms with E-state index in [4.69, 9.17) is 0 Å². The molecule has 0 aliphatic rings. The highest BCUT2D eigenvalue weighted by Gasteiger charge is 2.15. The highest BCUT2D eigenvalue weighted by Crippen LogP contribution is 2.25. The zero-order valence-corrected chi connectivity index (χ0v) is 12.9. The van der Waals surface area contributed by atoms with Gasteiger partial charge in [-0.2, -0.15) is 0 Å². The van der Waals surface area contributed by atoms with Crippen LogP contribution in [0.2, 0.25) is 0 Å². The predicted molar refractivity (Wildman–Crippen MR) is 82.8 cm³/mol. The molecule has 2 rings (SSSR count). The highest BCUT2D eigenvalue weighted by atomic mass is 32.1. The lowest BCUT2D eigenvalue weighted by atomic mass is 9.86. The van der Waals surface area contributed by atoms with Crippen molar-refractivity contribution in [1.29, 1.82) is 0 Å². The van der Waals surface area contributed by atoms with Crippen LogP contribution < -0.4 is 5.32 Å². The van der Waals surface area contributed by atoms with Crippen LogP contribution in [0.1, 0.15) is 42.9 Å². The monoisotopic (exact) mass is 274 g/mol. The van der Waals surface area contributed by atoms with Gasteiger partial charge in [0.2, 0.25) is 0 Å². The molecular formula is C16H22N2S. The number of rotatable bonds is 4. The lowest BCUT2D eigenvalue weighted by molar-refractivity contribution is 0.579. The van der Waals surface area contributed by atoms with Gasteiger partial charge in [-0.1, -0.05) is 45.0 Å². The summed E-state index contributed by atoms with van der Waals surface area (Å²) in [7, 11) is 2.01.